The summed E-state index contributed by atoms with van der Waals surface area (Å²) in [6.07, 6.45) is 1.45. The van der Waals surface area contributed by atoms with Crippen LogP contribution >= 0.6 is 27.5 Å². The van der Waals surface area contributed by atoms with Gasteiger partial charge in [-0.3, -0.25) is 9.59 Å². The van der Waals surface area contributed by atoms with Crippen molar-refractivity contribution < 1.29 is 9.59 Å². The van der Waals surface area contributed by atoms with Gasteiger partial charge in [-0.25, -0.2) is 0 Å². The summed E-state index contributed by atoms with van der Waals surface area (Å²) in [6, 6.07) is 0. The van der Waals surface area contributed by atoms with E-state index in [-0.39, 0.29) is 11.7 Å². The monoisotopic (exact) mass is 197 g/mol. The van der Waals surface area contributed by atoms with E-state index in [0.29, 0.717) is 0 Å². The average Bonchev–Trinajstić information content (AvgIpc) is 1.84. The molecule has 1 radical (unpaired) electrons. The van der Waals surface area contributed by atoms with Gasteiger partial charge in [0.1, 0.15) is 4.83 Å². The highest BCUT2D eigenvalue weighted by molar-refractivity contribution is 9.10. The Hall–Kier alpha value is 0.110. The number of ketones is 1. The minimum atomic E-state index is -0.847. The Morgan fingerprint density at radius 2 is 2.38 bits per heavy atom. The van der Waals surface area contributed by atoms with Gasteiger partial charge in [0.2, 0.25) is 6.29 Å². The predicted octanol–water partition coefficient (Wildman–Crippen LogP) is 0.667. The van der Waals surface area contributed by atoms with Crippen LogP contribution in [0.25, 0.3) is 0 Å². The van der Waals surface area contributed by atoms with E-state index < -0.39 is 4.83 Å². The van der Waals surface area contributed by atoms with Gasteiger partial charge in [0.15, 0.2) is 5.78 Å². The summed E-state index contributed by atoms with van der Waals surface area (Å²) in [6.45, 7) is 0. The van der Waals surface area contributed by atoms with Gasteiger partial charge in [-0.05, 0) is 0 Å². The highest BCUT2D eigenvalue weighted by Gasteiger charge is 2.11. The summed E-state index contributed by atoms with van der Waals surface area (Å²) in [5, 5.41) is 0. The van der Waals surface area contributed by atoms with Crippen molar-refractivity contribution in [3.05, 3.63) is 0 Å². The van der Waals surface area contributed by atoms with Crippen LogP contribution in [-0.2, 0) is 9.59 Å². The first-order valence-corrected chi connectivity index (χ1v) is 3.27. The molecule has 0 aromatic heterocycles. The fourth-order valence-electron chi connectivity index (χ4n) is 0.133. The van der Waals surface area contributed by atoms with Crippen molar-refractivity contribution in [1.29, 1.82) is 0 Å². The Morgan fingerprint density at radius 1 is 1.88 bits per heavy atom. The van der Waals surface area contributed by atoms with Crippen molar-refractivity contribution in [2.24, 2.45) is 0 Å². The molecule has 0 saturated carbocycles. The maximum atomic E-state index is 10.3. The molecule has 0 saturated heterocycles. The minimum absolute atomic E-state index is 0.148. The quantitative estimate of drug-likeness (QED) is 0.493. The van der Waals surface area contributed by atoms with Crippen molar-refractivity contribution in [1.82, 2.24) is 0 Å². The van der Waals surface area contributed by atoms with Gasteiger partial charge in [0, 0.05) is 0 Å². The number of hydrogen-bond donors (Lipinski definition) is 0. The molecule has 0 aliphatic rings. The first-order valence-electron chi connectivity index (χ1n) is 1.82. The molecule has 0 aromatic rings. The summed E-state index contributed by atoms with van der Waals surface area (Å²) in [5.74, 6) is -0.507. The van der Waals surface area contributed by atoms with Crippen molar-refractivity contribution in [2.45, 2.75) is 4.83 Å². The molecule has 0 aromatic carbocycles. The van der Waals surface area contributed by atoms with Gasteiger partial charge >= 0.3 is 0 Å². The van der Waals surface area contributed by atoms with Crippen LogP contribution in [0.5, 0.6) is 0 Å². The maximum absolute atomic E-state index is 10.3. The molecule has 0 aliphatic carbocycles. The lowest BCUT2D eigenvalue weighted by atomic mass is 10.3. The van der Waals surface area contributed by atoms with Crippen LogP contribution in [0.1, 0.15) is 0 Å². The van der Waals surface area contributed by atoms with E-state index in [1.54, 1.807) is 0 Å². The van der Waals surface area contributed by atoms with Crippen LogP contribution in [0.2, 0.25) is 0 Å². The first-order chi connectivity index (χ1) is 3.72. The highest BCUT2D eigenvalue weighted by atomic mass is 79.9. The Labute approximate surface area is 60.3 Å². The third-order valence-electron chi connectivity index (χ3n) is 0.518. The van der Waals surface area contributed by atoms with E-state index in [2.05, 4.69) is 15.9 Å². The molecule has 0 heterocycles. The Morgan fingerprint density at radius 3 is 2.50 bits per heavy atom. The lowest BCUT2D eigenvalue weighted by Gasteiger charge is -1.90. The number of halogens is 2. The summed E-state index contributed by atoms with van der Waals surface area (Å²) >= 11 is 7.81. The SMILES string of the molecule is O=[C]C(Br)C(=O)CCl. The number of carbonyl (C=O) groups is 1. The fourth-order valence-corrected chi connectivity index (χ4v) is 0.636. The first kappa shape index (κ1) is 8.11. The lowest BCUT2D eigenvalue weighted by Crippen LogP contribution is -2.15. The average molecular weight is 198 g/mol. The molecule has 45 valence electrons. The molecule has 0 fully saturated rings. The molecule has 0 N–H and O–H groups in total. The molecule has 0 aliphatic heterocycles. The molecule has 0 rings (SSSR count). The van der Waals surface area contributed by atoms with Crippen LogP contribution in [0.4, 0.5) is 0 Å². The van der Waals surface area contributed by atoms with Crippen LogP contribution < -0.4 is 0 Å². The maximum Gasteiger partial charge on any atom is 0.221 e. The van der Waals surface area contributed by atoms with Crippen molar-refractivity contribution in [3.8, 4) is 0 Å². The van der Waals surface area contributed by atoms with E-state index in [9.17, 15) is 9.59 Å². The fraction of sp³-hybridized carbons (Fsp3) is 0.500. The topological polar surface area (TPSA) is 34.1 Å². The Balaban J connectivity index is 3.62. The molecular formula is C4H3BrClO2. The molecule has 0 spiro atoms. The predicted molar refractivity (Wildman–Crippen MR) is 34.1 cm³/mol. The van der Waals surface area contributed by atoms with E-state index in [0.717, 1.165) is 0 Å². The third kappa shape index (κ3) is 2.43. The van der Waals surface area contributed by atoms with E-state index in [1.807, 2.05) is 0 Å². The van der Waals surface area contributed by atoms with E-state index >= 15 is 0 Å². The smallest absolute Gasteiger partial charge is 0.221 e. The molecule has 0 amide bonds. The van der Waals surface area contributed by atoms with E-state index in [4.69, 9.17) is 11.6 Å². The summed E-state index contributed by atoms with van der Waals surface area (Å²) in [4.78, 5) is 19.1. The number of Topliss-reactive ketones (excluding diaryl/α,β-unsaturated/α-hetero) is 1. The molecular weight excluding hydrogens is 195 g/mol. The second-order valence-electron chi connectivity index (χ2n) is 1.08. The third-order valence-corrected chi connectivity index (χ3v) is 1.48. The summed E-state index contributed by atoms with van der Waals surface area (Å²) in [5.41, 5.74) is 0. The number of carbonyl (C=O) groups excluding carboxylic acids is 2. The number of hydrogen-bond acceptors (Lipinski definition) is 2. The normalized spacial score (nSPS) is 12.8. The zero-order valence-electron chi connectivity index (χ0n) is 3.86. The van der Waals surface area contributed by atoms with Crippen LogP contribution in [0, 0.1) is 0 Å². The molecule has 2 nitrogen and oxygen atoms in total. The molecule has 1 unspecified atom stereocenters. The van der Waals surface area contributed by atoms with Gasteiger partial charge in [0.25, 0.3) is 0 Å². The summed E-state index contributed by atoms with van der Waals surface area (Å²) in [7, 11) is 0. The van der Waals surface area contributed by atoms with Gasteiger partial charge < -0.3 is 0 Å². The van der Waals surface area contributed by atoms with Gasteiger partial charge in [-0.15, -0.1) is 11.6 Å². The lowest BCUT2D eigenvalue weighted by molar-refractivity contribution is -0.115. The molecule has 0 bridgehead atoms. The zero-order valence-corrected chi connectivity index (χ0v) is 6.20. The standard InChI is InChI=1S/C4H3BrClO2/c5-3(2-7)4(8)1-6/h3H,1H2. The van der Waals surface area contributed by atoms with Crippen molar-refractivity contribution in [3.63, 3.8) is 0 Å². The second kappa shape index (κ2) is 4.04. The van der Waals surface area contributed by atoms with Crippen LogP contribution in [-0.4, -0.2) is 22.8 Å². The Kier molecular flexibility index (Phi) is 4.09. The number of rotatable bonds is 3. The number of alkyl halides is 2. The molecule has 1 atom stereocenters. The van der Waals surface area contributed by atoms with Crippen molar-refractivity contribution in [2.75, 3.05) is 5.88 Å². The van der Waals surface area contributed by atoms with Crippen LogP contribution in [0.15, 0.2) is 0 Å². The zero-order chi connectivity index (χ0) is 6.57. The highest BCUT2D eigenvalue weighted by Crippen LogP contribution is 1.97. The largest absolute Gasteiger partial charge is 0.297 e. The second-order valence-corrected chi connectivity index (χ2v) is 2.26. The van der Waals surface area contributed by atoms with Crippen molar-refractivity contribution >= 4 is 39.6 Å². The van der Waals surface area contributed by atoms with E-state index in [1.165, 1.54) is 6.29 Å². The molecule has 4 heteroatoms. The van der Waals surface area contributed by atoms with Gasteiger partial charge in [-0.1, -0.05) is 15.9 Å². The molecule has 8 heavy (non-hydrogen) atoms. The van der Waals surface area contributed by atoms with Gasteiger partial charge in [0.05, 0.1) is 5.88 Å². The Bertz CT molecular complexity index is 104. The minimum Gasteiger partial charge on any atom is -0.297 e. The van der Waals surface area contributed by atoms with Crippen LogP contribution in [0.3, 0.4) is 0 Å². The van der Waals surface area contributed by atoms with Gasteiger partial charge in [-0.2, -0.15) is 0 Å². The summed E-state index contributed by atoms with van der Waals surface area (Å²) < 4.78 is 0.